The van der Waals surface area contributed by atoms with Gasteiger partial charge in [0.15, 0.2) is 0 Å². The number of hydrogen-bond acceptors (Lipinski definition) is 4. The Balaban J connectivity index is 2.84. The van der Waals surface area contributed by atoms with Gasteiger partial charge in [-0.15, -0.1) is 11.3 Å². The SMILES string of the molecule is CC(C)(CC(N)=O)NC(=O)c1sccc1C#CCN. The van der Waals surface area contributed by atoms with Gasteiger partial charge < -0.3 is 16.8 Å². The van der Waals surface area contributed by atoms with Crippen LogP contribution in [0.5, 0.6) is 0 Å². The molecule has 1 rings (SSSR count). The number of nitrogens with one attached hydrogen (secondary N) is 1. The number of carbonyl (C=O) groups is 2. The maximum atomic E-state index is 12.1. The van der Waals surface area contributed by atoms with E-state index in [1.807, 2.05) is 0 Å². The molecule has 0 fully saturated rings. The van der Waals surface area contributed by atoms with Crippen molar-refractivity contribution in [2.45, 2.75) is 25.8 Å². The van der Waals surface area contributed by atoms with Gasteiger partial charge in [-0.05, 0) is 25.3 Å². The Morgan fingerprint density at radius 3 is 2.74 bits per heavy atom. The summed E-state index contributed by atoms with van der Waals surface area (Å²) in [5.74, 6) is 4.83. The van der Waals surface area contributed by atoms with E-state index < -0.39 is 11.4 Å². The Morgan fingerprint density at radius 1 is 1.47 bits per heavy atom. The van der Waals surface area contributed by atoms with Crippen molar-refractivity contribution in [2.75, 3.05) is 6.54 Å². The highest BCUT2D eigenvalue weighted by Crippen LogP contribution is 2.18. The van der Waals surface area contributed by atoms with E-state index in [2.05, 4.69) is 17.2 Å². The van der Waals surface area contributed by atoms with Crippen LogP contribution in [0.3, 0.4) is 0 Å². The van der Waals surface area contributed by atoms with Gasteiger partial charge in [-0.2, -0.15) is 0 Å². The van der Waals surface area contributed by atoms with E-state index in [0.29, 0.717) is 10.4 Å². The second-order valence-electron chi connectivity index (χ2n) is 4.65. The normalized spacial score (nSPS) is 10.5. The molecule has 0 bridgehead atoms. The van der Waals surface area contributed by atoms with E-state index in [1.165, 1.54) is 11.3 Å². The van der Waals surface area contributed by atoms with E-state index in [0.717, 1.165) is 0 Å². The summed E-state index contributed by atoms with van der Waals surface area (Å²) >= 11 is 1.30. The summed E-state index contributed by atoms with van der Waals surface area (Å²) in [7, 11) is 0. The first-order valence-corrected chi connectivity index (χ1v) is 6.61. The molecule has 19 heavy (non-hydrogen) atoms. The maximum Gasteiger partial charge on any atom is 0.263 e. The highest BCUT2D eigenvalue weighted by atomic mass is 32.1. The maximum absolute atomic E-state index is 12.1. The molecule has 6 heteroatoms. The minimum Gasteiger partial charge on any atom is -0.370 e. The number of hydrogen-bond donors (Lipinski definition) is 3. The summed E-state index contributed by atoms with van der Waals surface area (Å²) in [5, 5.41) is 4.57. The van der Waals surface area contributed by atoms with Crippen LogP contribution in [0.1, 0.15) is 35.5 Å². The molecule has 0 aliphatic carbocycles. The van der Waals surface area contributed by atoms with Crippen LogP contribution in [0, 0.1) is 11.8 Å². The molecule has 0 saturated heterocycles. The molecule has 102 valence electrons. The monoisotopic (exact) mass is 279 g/mol. The molecule has 2 amide bonds. The summed E-state index contributed by atoms with van der Waals surface area (Å²) in [5.41, 5.74) is 10.4. The van der Waals surface area contributed by atoms with E-state index in [-0.39, 0.29) is 18.9 Å². The van der Waals surface area contributed by atoms with Crippen molar-refractivity contribution in [2.24, 2.45) is 11.5 Å². The van der Waals surface area contributed by atoms with Crippen LogP contribution in [-0.2, 0) is 4.79 Å². The average Bonchev–Trinajstić information content (AvgIpc) is 2.71. The van der Waals surface area contributed by atoms with Crippen LogP contribution in [0.15, 0.2) is 11.4 Å². The first-order chi connectivity index (χ1) is 8.85. The molecule has 1 heterocycles. The van der Waals surface area contributed by atoms with Crippen molar-refractivity contribution in [1.82, 2.24) is 5.32 Å². The van der Waals surface area contributed by atoms with E-state index >= 15 is 0 Å². The standard InChI is InChI=1S/C13H17N3O2S/c1-13(2,8-10(15)17)16-12(18)11-9(4-3-6-14)5-7-19-11/h5,7H,6,8,14H2,1-2H3,(H2,15,17)(H,16,18). The van der Waals surface area contributed by atoms with Gasteiger partial charge in [0.05, 0.1) is 6.54 Å². The van der Waals surface area contributed by atoms with Crippen molar-refractivity contribution in [1.29, 1.82) is 0 Å². The van der Waals surface area contributed by atoms with Gasteiger partial charge in [-0.1, -0.05) is 11.8 Å². The minimum absolute atomic E-state index is 0.0773. The zero-order chi connectivity index (χ0) is 14.5. The smallest absolute Gasteiger partial charge is 0.263 e. The summed E-state index contributed by atoms with van der Waals surface area (Å²) in [6.07, 6.45) is 0.0773. The summed E-state index contributed by atoms with van der Waals surface area (Å²) in [6.45, 7) is 3.73. The van der Waals surface area contributed by atoms with Crippen LogP contribution in [0.25, 0.3) is 0 Å². The second-order valence-corrected chi connectivity index (χ2v) is 5.57. The van der Waals surface area contributed by atoms with E-state index in [1.54, 1.807) is 25.3 Å². The predicted octanol–water partition coefficient (Wildman–Crippen LogP) is 0.442. The molecule has 5 nitrogen and oxygen atoms in total. The van der Waals surface area contributed by atoms with E-state index in [4.69, 9.17) is 11.5 Å². The number of primary amides is 1. The largest absolute Gasteiger partial charge is 0.370 e. The van der Waals surface area contributed by atoms with Crippen molar-refractivity contribution in [3.05, 3.63) is 21.9 Å². The number of thiophene rings is 1. The molecule has 0 aliphatic rings. The minimum atomic E-state index is -0.689. The van der Waals surface area contributed by atoms with E-state index in [9.17, 15) is 9.59 Å². The number of carbonyl (C=O) groups excluding carboxylic acids is 2. The van der Waals surface area contributed by atoms with Crippen molar-refractivity contribution in [3.8, 4) is 11.8 Å². The molecule has 0 aliphatic heterocycles. The molecule has 0 atom stereocenters. The van der Waals surface area contributed by atoms with Gasteiger partial charge in [0, 0.05) is 17.5 Å². The van der Waals surface area contributed by atoms with Gasteiger partial charge in [0.2, 0.25) is 5.91 Å². The molecule has 0 unspecified atom stereocenters. The lowest BCUT2D eigenvalue weighted by Gasteiger charge is -2.24. The van der Waals surface area contributed by atoms with Crippen LogP contribution in [-0.4, -0.2) is 23.9 Å². The lowest BCUT2D eigenvalue weighted by Crippen LogP contribution is -2.46. The molecule has 0 radical (unpaired) electrons. The van der Waals surface area contributed by atoms with Gasteiger partial charge in [0.1, 0.15) is 4.88 Å². The quantitative estimate of drug-likeness (QED) is 0.697. The first kappa shape index (κ1) is 15.2. The Hall–Kier alpha value is -1.84. The van der Waals surface area contributed by atoms with Gasteiger partial charge in [-0.3, -0.25) is 9.59 Å². The number of amides is 2. The third-order valence-electron chi connectivity index (χ3n) is 2.26. The van der Waals surface area contributed by atoms with Crippen molar-refractivity contribution in [3.63, 3.8) is 0 Å². The van der Waals surface area contributed by atoms with Gasteiger partial charge in [-0.25, -0.2) is 0 Å². The number of rotatable bonds is 4. The number of nitrogens with two attached hydrogens (primary N) is 2. The fraction of sp³-hybridized carbons (Fsp3) is 0.385. The Bertz CT molecular complexity index is 538. The van der Waals surface area contributed by atoms with Crippen LogP contribution in [0.4, 0.5) is 0 Å². The fourth-order valence-electron chi connectivity index (χ4n) is 1.57. The molecule has 5 N–H and O–H groups in total. The molecule has 1 aromatic heterocycles. The molecular formula is C13H17N3O2S. The van der Waals surface area contributed by atoms with Crippen LogP contribution in [0.2, 0.25) is 0 Å². The third-order valence-corrected chi connectivity index (χ3v) is 3.18. The lowest BCUT2D eigenvalue weighted by molar-refractivity contribution is -0.119. The Morgan fingerprint density at radius 2 is 2.16 bits per heavy atom. The zero-order valence-corrected chi connectivity index (χ0v) is 11.8. The lowest BCUT2D eigenvalue weighted by atomic mass is 10.00. The molecular weight excluding hydrogens is 262 g/mol. The Labute approximate surface area is 116 Å². The van der Waals surface area contributed by atoms with Crippen LogP contribution >= 0.6 is 11.3 Å². The first-order valence-electron chi connectivity index (χ1n) is 5.73. The summed E-state index contributed by atoms with van der Waals surface area (Å²) in [6, 6.07) is 1.77. The highest BCUT2D eigenvalue weighted by Gasteiger charge is 2.24. The summed E-state index contributed by atoms with van der Waals surface area (Å²) < 4.78 is 0. The zero-order valence-electron chi connectivity index (χ0n) is 10.9. The third kappa shape index (κ3) is 4.73. The van der Waals surface area contributed by atoms with Crippen LogP contribution < -0.4 is 16.8 Å². The topological polar surface area (TPSA) is 98.2 Å². The average molecular weight is 279 g/mol. The molecule has 0 saturated carbocycles. The molecule has 0 aromatic carbocycles. The van der Waals surface area contributed by atoms with Gasteiger partial charge >= 0.3 is 0 Å². The summed E-state index contributed by atoms with van der Waals surface area (Å²) in [4.78, 5) is 23.6. The molecule has 0 spiro atoms. The fourth-order valence-corrected chi connectivity index (χ4v) is 2.32. The Kier molecular flexibility index (Phi) is 5.10. The van der Waals surface area contributed by atoms with Crippen molar-refractivity contribution >= 4 is 23.2 Å². The predicted molar refractivity (Wildman–Crippen MR) is 75.6 cm³/mol. The van der Waals surface area contributed by atoms with Crippen molar-refractivity contribution < 1.29 is 9.59 Å². The van der Waals surface area contributed by atoms with Gasteiger partial charge in [0.25, 0.3) is 5.91 Å². The second kappa shape index (κ2) is 6.36. The highest BCUT2D eigenvalue weighted by molar-refractivity contribution is 7.12. The molecule has 1 aromatic rings.